The van der Waals surface area contributed by atoms with Gasteiger partial charge >= 0.3 is 0 Å². The number of rotatable bonds is 5. The van der Waals surface area contributed by atoms with Crippen molar-refractivity contribution in [2.75, 3.05) is 13.6 Å². The van der Waals surface area contributed by atoms with Crippen LogP contribution in [0.25, 0.3) is 0 Å². The molecule has 0 unspecified atom stereocenters. The summed E-state index contributed by atoms with van der Waals surface area (Å²) >= 11 is 0. The molecule has 1 aliphatic rings. The molecule has 0 saturated heterocycles. The summed E-state index contributed by atoms with van der Waals surface area (Å²) in [6.45, 7) is 1.50. The second-order valence-corrected chi connectivity index (χ2v) is 6.43. The molecule has 1 heterocycles. The van der Waals surface area contributed by atoms with Gasteiger partial charge in [0.15, 0.2) is 5.96 Å². The molecule has 136 valence electrons. The maximum Gasteiger partial charge on any atom is 0.191 e. The van der Waals surface area contributed by atoms with Crippen molar-refractivity contribution >= 4 is 29.9 Å². The summed E-state index contributed by atoms with van der Waals surface area (Å²) in [6, 6.07) is 10.9. The predicted molar refractivity (Wildman–Crippen MR) is 111 cm³/mol. The van der Waals surface area contributed by atoms with Crippen LogP contribution in [0.15, 0.2) is 41.7 Å². The van der Waals surface area contributed by atoms with Gasteiger partial charge in [-0.3, -0.25) is 9.67 Å². The summed E-state index contributed by atoms with van der Waals surface area (Å²) < 4.78 is 1.77. The molecule has 7 heteroatoms. The summed E-state index contributed by atoms with van der Waals surface area (Å²) in [5.74, 6) is 1.69. The van der Waals surface area contributed by atoms with Crippen LogP contribution in [0.1, 0.15) is 37.1 Å². The molecular weight excluding hydrogens is 427 g/mol. The Balaban J connectivity index is 0.00000225. The van der Waals surface area contributed by atoms with Crippen molar-refractivity contribution in [2.24, 2.45) is 12.0 Å². The Kier molecular flexibility index (Phi) is 7.22. The van der Waals surface area contributed by atoms with Crippen molar-refractivity contribution in [3.8, 4) is 0 Å². The monoisotopic (exact) mass is 454 g/mol. The maximum absolute atomic E-state index is 4.34. The fourth-order valence-electron chi connectivity index (χ4n) is 3.53. The molecule has 0 aliphatic heterocycles. The molecule has 1 saturated carbocycles. The minimum Gasteiger partial charge on any atom is -0.356 e. The van der Waals surface area contributed by atoms with Crippen LogP contribution in [0.3, 0.4) is 0 Å². The zero-order valence-electron chi connectivity index (χ0n) is 14.9. The van der Waals surface area contributed by atoms with E-state index in [4.69, 9.17) is 0 Å². The Morgan fingerprint density at radius 3 is 2.52 bits per heavy atom. The Hall–Kier alpha value is -1.64. The highest BCUT2D eigenvalue weighted by atomic mass is 127. The lowest BCUT2D eigenvalue weighted by Crippen LogP contribution is -2.44. The van der Waals surface area contributed by atoms with Crippen molar-refractivity contribution in [3.05, 3.63) is 48.0 Å². The van der Waals surface area contributed by atoms with Gasteiger partial charge in [-0.2, -0.15) is 5.10 Å². The average molecular weight is 454 g/mol. The van der Waals surface area contributed by atoms with E-state index in [1.165, 1.54) is 31.2 Å². The highest BCUT2D eigenvalue weighted by Crippen LogP contribution is 2.40. The van der Waals surface area contributed by atoms with Gasteiger partial charge in [-0.25, -0.2) is 4.98 Å². The standard InChI is InChI=1S/C18H26N6.HI/c1-19-17(20-12-16-22-14-23-24(16)2)21-13-18(10-6-7-11-18)15-8-4-3-5-9-15;/h3-5,8-9,14H,6-7,10-13H2,1-2H3,(H2,19,20,21);1H. The van der Waals surface area contributed by atoms with E-state index in [0.717, 1.165) is 18.3 Å². The van der Waals surface area contributed by atoms with Gasteiger partial charge in [0.05, 0.1) is 6.54 Å². The number of guanidine groups is 1. The van der Waals surface area contributed by atoms with Crippen LogP contribution in [0, 0.1) is 0 Å². The molecule has 0 atom stereocenters. The molecule has 1 aliphatic carbocycles. The molecule has 2 aromatic rings. The van der Waals surface area contributed by atoms with E-state index >= 15 is 0 Å². The van der Waals surface area contributed by atoms with Gasteiger partial charge in [-0.1, -0.05) is 43.2 Å². The first-order valence-electron chi connectivity index (χ1n) is 8.56. The van der Waals surface area contributed by atoms with Crippen LogP contribution in [0.2, 0.25) is 0 Å². The molecule has 0 bridgehead atoms. The molecule has 0 spiro atoms. The minimum absolute atomic E-state index is 0. The van der Waals surface area contributed by atoms with E-state index in [0.29, 0.717) is 6.54 Å². The third-order valence-corrected chi connectivity index (χ3v) is 4.98. The number of hydrogen-bond donors (Lipinski definition) is 2. The number of aryl methyl sites for hydroxylation is 1. The summed E-state index contributed by atoms with van der Waals surface area (Å²) in [7, 11) is 3.69. The summed E-state index contributed by atoms with van der Waals surface area (Å²) in [5.41, 5.74) is 1.64. The van der Waals surface area contributed by atoms with E-state index in [1.807, 2.05) is 7.05 Å². The Morgan fingerprint density at radius 2 is 1.92 bits per heavy atom. The lowest BCUT2D eigenvalue weighted by molar-refractivity contribution is 0.431. The van der Waals surface area contributed by atoms with Gasteiger partial charge in [0.2, 0.25) is 0 Å². The smallest absolute Gasteiger partial charge is 0.191 e. The second kappa shape index (κ2) is 9.17. The predicted octanol–water partition coefficient (Wildman–Crippen LogP) is 2.61. The van der Waals surface area contributed by atoms with E-state index in [-0.39, 0.29) is 29.4 Å². The van der Waals surface area contributed by atoms with Crippen molar-refractivity contribution in [1.29, 1.82) is 0 Å². The van der Waals surface area contributed by atoms with Gasteiger partial charge in [0.25, 0.3) is 0 Å². The number of halogens is 1. The highest BCUT2D eigenvalue weighted by Gasteiger charge is 2.35. The first-order chi connectivity index (χ1) is 11.7. The summed E-state index contributed by atoms with van der Waals surface area (Å²) in [5, 5.41) is 10.9. The van der Waals surface area contributed by atoms with Crippen LogP contribution >= 0.6 is 24.0 Å². The van der Waals surface area contributed by atoms with Crippen LogP contribution in [0.5, 0.6) is 0 Å². The van der Waals surface area contributed by atoms with Gasteiger partial charge in [0.1, 0.15) is 12.2 Å². The molecule has 0 radical (unpaired) electrons. The van der Waals surface area contributed by atoms with Crippen LogP contribution in [-0.4, -0.2) is 34.3 Å². The SMILES string of the molecule is CN=C(NCc1ncnn1C)NCC1(c2ccccc2)CCCC1.I. The number of nitrogens with one attached hydrogen (secondary N) is 2. The molecule has 1 aromatic heterocycles. The van der Waals surface area contributed by atoms with Crippen molar-refractivity contribution in [3.63, 3.8) is 0 Å². The average Bonchev–Trinajstić information content (AvgIpc) is 3.26. The highest BCUT2D eigenvalue weighted by molar-refractivity contribution is 14.0. The summed E-state index contributed by atoms with van der Waals surface area (Å²) in [6.07, 6.45) is 6.60. The van der Waals surface area contributed by atoms with Gasteiger partial charge in [-0.05, 0) is 18.4 Å². The molecule has 3 rings (SSSR count). The zero-order chi connectivity index (χ0) is 16.8. The molecule has 2 N–H and O–H groups in total. The van der Waals surface area contributed by atoms with Crippen molar-refractivity contribution < 1.29 is 0 Å². The Bertz CT molecular complexity index is 676. The van der Waals surface area contributed by atoms with E-state index in [1.54, 1.807) is 18.1 Å². The van der Waals surface area contributed by atoms with Gasteiger partial charge in [0, 0.05) is 26.1 Å². The molecule has 0 amide bonds. The first-order valence-corrected chi connectivity index (χ1v) is 8.56. The molecular formula is C18H27IN6. The topological polar surface area (TPSA) is 67.1 Å². The normalized spacial score (nSPS) is 16.3. The molecule has 25 heavy (non-hydrogen) atoms. The third kappa shape index (κ3) is 4.71. The quantitative estimate of drug-likeness (QED) is 0.414. The Morgan fingerprint density at radius 1 is 1.20 bits per heavy atom. The number of nitrogens with zero attached hydrogens (tertiary/aromatic N) is 4. The van der Waals surface area contributed by atoms with Crippen LogP contribution in [0.4, 0.5) is 0 Å². The van der Waals surface area contributed by atoms with Crippen molar-refractivity contribution in [2.45, 2.75) is 37.6 Å². The van der Waals surface area contributed by atoms with Crippen LogP contribution in [-0.2, 0) is 19.0 Å². The fraction of sp³-hybridized carbons (Fsp3) is 0.500. The molecule has 1 aromatic carbocycles. The van der Waals surface area contributed by atoms with Gasteiger partial charge in [-0.15, -0.1) is 24.0 Å². The van der Waals surface area contributed by atoms with Crippen LogP contribution < -0.4 is 10.6 Å². The lowest BCUT2D eigenvalue weighted by atomic mass is 9.79. The van der Waals surface area contributed by atoms with Crippen molar-refractivity contribution in [1.82, 2.24) is 25.4 Å². The zero-order valence-corrected chi connectivity index (χ0v) is 17.2. The largest absolute Gasteiger partial charge is 0.356 e. The minimum atomic E-state index is 0. The number of hydrogen-bond acceptors (Lipinski definition) is 3. The molecule has 6 nitrogen and oxygen atoms in total. The number of aromatic nitrogens is 3. The second-order valence-electron chi connectivity index (χ2n) is 6.43. The van der Waals surface area contributed by atoms with Gasteiger partial charge < -0.3 is 10.6 Å². The third-order valence-electron chi connectivity index (χ3n) is 4.98. The summed E-state index contributed by atoms with van der Waals surface area (Å²) in [4.78, 5) is 8.57. The fourth-order valence-corrected chi connectivity index (χ4v) is 3.53. The van der Waals surface area contributed by atoms with E-state index in [9.17, 15) is 0 Å². The lowest BCUT2D eigenvalue weighted by Gasteiger charge is -2.30. The maximum atomic E-state index is 4.34. The van der Waals surface area contributed by atoms with E-state index < -0.39 is 0 Å². The first kappa shape index (κ1) is 19.7. The number of aliphatic imine (C=N–C) groups is 1. The number of benzene rings is 1. The Labute approximate surface area is 166 Å². The molecule has 1 fully saturated rings. The van der Waals surface area contributed by atoms with E-state index in [2.05, 4.69) is 56.0 Å².